The van der Waals surface area contributed by atoms with E-state index in [1.807, 2.05) is 17.8 Å². The average Bonchev–Trinajstić information content (AvgIpc) is 2.84. The molecule has 1 aliphatic heterocycles. The molecule has 0 amide bonds. The number of thiocarbonyl (C=S) groups is 1. The molecule has 0 aliphatic carbocycles. The van der Waals surface area contributed by atoms with Gasteiger partial charge in [0.1, 0.15) is 0 Å². The molecule has 0 bridgehead atoms. The molecule has 3 nitrogen and oxygen atoms in total. The fourth-order valence-electron chi connectivity index (χ4n) is 4.21. The molecule has 172 valence electrons. The maximum absolute atomic E-state index is 5.57. The number of hydrogen-bond donors (Lipinski definition) is 2. The highest BCUT2D eigenvalue weighted by atomic mass is 32.2. The summed E-state index contributed by atoms with van der Waals surface area (Å²) in [4.78, 5) is 3.79. The molecule has 1 heterocycles. The Balaban J connectivity index is 1.25. The third-order valence-corrected chi connectivity index (χ3v) is 7.43. The maximum Gasteiger partial charge on any atom is 0.171 e. The van der Waals surface area contributed by atoms with Crippen molar-refractivity contribution >= 4 is 40.5 Å². The lowest BCUT2D eigenvalue weighted by molar-refractivity contribution is 0.447. The van der Waals surface area contributed by atoms with Crippen LogP contribution in [0.3, 0.4) is 0 Å². The molecule has 1 saturated heterocycles. The Hall–Kier alpha value is -2.50. The molecule has 33 heavy (non-hydrogen) atoms. The van der Waals surface area contributed by atoms with E-state index in [0.717, 1.165) is 30.4 Å². The van der Waals surface area contributed by atoms with E-state index in [1.165, 1.54) is 34.6 Å². The van der Waals surface area contributed by atoms with Crippen LogP contribution in [-0.4, -0.2) is 18.2 Å². The minimum Gasteiger partial charge on any atom is -0.371 e. The van der Waals surface area contributed by atoms with Crippen molar-refractivity contribution in [2.45, 2.75) is 43.4 Å². The van der Waals surface area contributed by atoms with Crippen molar-refractivity contribution in [2.75, 3.05) is 23.3 Å². The average molecular weight is 476 g/mol. The molecular weight excluding hydrogens is 442 g/mol. The highest BCUT2D eigenvalue weighted by Gasteiger charge is 2.17. The smallest absolute Gasteiger partial charge is 0.171 e. The number of hydrogen-bond acceptors (Lipinski definition) is 3. The Morgan fingerprint density at radius 1 is 1.03 bits per heavy atom. The van der Waals surface area contributed by atoms with Crippen LogP contribution in [-0.2, 0) is 5.75 Å². The molecule has 4 rings (SSSR count). The number of piperidine rings is 1. The number of nitrogens with one attached hydrogen (secondary N) is 2. The standard InChI is InChI=1S/C28H33N3S2/c1-21-7-6-18-31(19-21)26-16-12-24(13-17-26)22(2)29-28(32)30-25-14-10-23(11-15-25)20-33-27-8-4-3-5-9-27/h3-5,8-17,21-22H,6-7,18-20H2,1-2H3,(H2,29,30,32)/t21-,22+/m0/s1. The number of rotatable bonds is 7. The van der Waals surface area contributed by atoms with Gasteiger partial charge in [-0.3, -0.25) is 0 Å². The molecule has 0 unspecified atom stereocenters. The van der Waals surface area contributed by atoms with Gasteiger partial charge in [-0.25, -0.2) is 0 Å². The van der Waals surface area contributed by atoms with Gasteiger partial charge in [0.15, 0.2) is 5.11 Å². The summed E-state index contributed by atoms with van der Waals surface area (Å²) in [5, 5.41) is 7.37. The van der Waals surface area contributed by atoms with E-state index in [1.54, 1.807) is 0 Å². The first kappa shape index (κ1) is 23.7. The monoisotopic (exact) mass is 475 g/mol. The Labute approximate surface area is 208 Å². The molecule has 3 aromatic rings. The van der Waals surface area contributed by atoms with Crippen LogP contribution in [0.4, 0.5) is 11.4 Å². The van der Waals surface area contributed by atoms with Crippen LogP contribution in [0.15, 0.2) is 83.8 Å². The zero-order valence-electron chi connectivity index (χ0n) is 19.5. The summed E-state index contributed by atoms with van der Waals surface area (Å²) < 4.78 is 0. The second kappa shape index (κ2) is 11.6. The topological polar surface area (TPSA) is 27.3 Å². The van der Waals surface area contributed by atoms with E-state index in [9.17, 15) is 0 Å². The van der Waals surface area contributed by atoms with Crippen LogP contribution < -0.4 is 15.5 Å². The number of nitrogens with zero attached hydrogens (tertiary/aromatic N) is 1. The van der Waals surface area contributed by atoms with Crippen LogP contribution >= 0.6 is 24.0 Å². The first-order valence-corrected chi connectivity index (χ1v) is 13.2. The largest absolute Gasteiger partial charge is 0.371 e. The summed E-state index contributed by atoms with van der Waals surface area (Å²) in [6.07, 6.45) is 2.63. The van der Waals surface area contributed by atoms with Gasteiger partial charge in [-0.1, -0.05) is 49.4 Å². The van der Waals surface area contributed by atoms with Crippen LogP contribution in [0.5, 0.6) is 0 Å². The van der Waals surface area contributed by atoms with E-state index < -0.39 is 0 Å². The molecule has 0 spiro atoms. The highest BCUT2D eigenvalue weighted by molar-refractivity contribution is 7.98. The third kappa shape index (κ3) is 6.99. The summed E-state index contributed by atoms with van der Waals surface area (Å²) in [6.45, 7) is 6.81. The first-order chi connectivity index (χ1) is 16.1. The van der Waals surface area contributed by atoms with Crippen molar-refractivity contribution < 1.29 is 0 Å². The minimum absolute atomic E-state index is 0.140. The fourth-order valence-corrected chi connectivity index (χ4v) is 5.38. The molecule has 5 heteroatoms. The van der Waals surface area contributed by atoms with E-state index in [2.05, 4.69) is 102 Å². The van der Waals surface area contributed by atoms with Gasteiger partial charge < -0.3 is 15.5 Å². The zero-order valence-corrected chi connectivity index (χ0v) is 21.1. The summed E-state index contributed by atoms with van der Waals surface area (Å²) in [5.74, 6) is 1.73. The molecule has 2 N–H and O–H groups in total. The molecule has 3 aromatic carbocycles. The van der Waals surface area contributed by atoms with E-state index >= 15 is 0 Å². The molecule has 1 aliphatic rings. The van der Waals surface area contributed by atoms with Crippen molar-refractivity contribution in [3.05, 3.63) is 90.0 Å². The van der Waals surface area contributed by atoms with Gasteiger partial charge in [-0.2, -0.15) is 0 Å². The highest BCUT2D eigenvalue weighted by Crippen LogP contribution is 2.25. The Bertz CT molecular complexity index is 1020. The Kier molecular flexibility index (Phi) is 8.30. The molecule has 0 aromatic heterocycles. The Morgan fingerprint density at radius 3 is 2.45 bits per heavy atom. The molecule has 1 fully saturated rings. The van der Waals surface area contributed by atoms with Gasteiger partial charge in [-0.15, -0.1) is 11.8 Å². The molecule has 0 saturated carbocycles. The minimum atomic E-state index is 0.140. The summed E-state index contributed by atoms with van der Waals surface area (Å²) >= 11 is 7.41. The van der Waals surface area contributed by atoms with Gasteiger partial charge in [0, 0.05) is 35.1 Å². The van der Waals surface area contributed by atoms with Crippen LogP contribution in [0, 0.1) is 5.92 Å². The fraction of sp³-hybridized carbons (Fsp3) is 0.321. The third-order valence-electron chi connectivity index (χ3n) is 6.12. The maximum atomic E-state index is 5.57. The van der Waals surface area contributed by atoms with Crippen molar-refractivity contribution in [3.8, 4) is 0 Å². The van der Waals surface area contributed by atoms with Gasteiger partial charge in [0.25, 0.3) is 0 Å². The number of thioether (sulfide) groups is 1. The lowest BCUT2D eigenvalue weighted by atomic mass is 9.99. The second-order valence-corrected chi connectivity index (χ2v) is 10.4. The quantitative estimate of drug-likeness (QED) is 0.277. The van der Waals surface area contributed by atoms with Crippen LogP contribution in [0.25, 0.3) is 0 Å². The summed E-state index contributed by atoms with van der Waals surface area (Å²) in [5.41, 5.74) is 4.86. The van der Waals surface area contributed by atoms with E-state index in [-0.39, 0.29) is 6.04 Å². The molecular formula is C28H33N3S2. The SMILES string of the molecule is C[C@H]1CCCN(c2ccc([C@@H](C)NC(=S)Nc3ccc(CSc4ccccc4)cc3)cc2)C1. The van der Waals surface area contributed by atoms with Crippen molar-refractivity contribution in [3.63, 3.8) is 0 Å². The number of benzene rings is 3. The van der Waals surface area contributed by atoms with Crippen LogP contribution in [0.2, 0.25) is 0 Å². The van der Waals surface area contributed by atoms with E-state index in [0.29, 0.717) is 5.11 Å². The van der Waals surface area contributed by atoms with E-state index in [4.69, 9.17) is 12.2 Å². The summed E-state index contributed by atoms with van der Waals surface area (Å²) in [7, 11) is 0. The molecule has 0 radical (unpaired) electrons. The normalized spacial score (nSPS) is 16.8. The number of anilines is 2. The van der Waals surface area contributed by atoms with Gasteiger partial charge in [0.2, 0.25) is 0 Å². The van der Waals surface area contributed by atoms with Gasteiger partial charge in [0.05, 0.1) is 6.04 Å². The summed E-state index contributed by atoms with van der Waals surface area (Å²) in [6, 6.07) is 28.1. The zero-order chi connectivity index (χ0) is 23.0. The van der Waals surface area contributed by atoms with Crippen LogP contribution in [0.1, 0.15) is 43.9 Å². The predicted molar refractivity (Wildman–Crippen MR) is 147 cm³/mol. The van der Waals surface area contributed by atoms with Crippen molar-refractivity contribution in [2.24, 2.45) is 5.92 Å². The lowest BCUT2D eigenvalue weighted by Gasteiger charge is -2.33. The van der Waals surface area contributed by atoms with Crippen molar-refractivity contribution in [1.82, 2.24) is 5.32 Å². The van der Waals surface area contributed by atoms with Crippen molar-refractivity contribution in [1.29, 1.82) is 0 Å². The second-order valence-electron chi connectivity index (χ2n) is 8.90. The molecule has 2 atom stereocenters. The van der Waals surface area contributed by atoms with Gasteiger partial charge >= 0.3 is 0 Å². The Morgan fingerprint density at radius 2 is 1.76 bits per heavy atom. The van der Waals surface area contributed by atoms with Gasteiger partial charge in [-0.05, 0) is 85.4 Å². The first-order valence-electron chi connectivity index (χ1n) is 11.8. The lowest BCUT2D eigenvalue weighted by Crippen LogP contribution is -2.34. The predicted octanol–water partition coefficient (Wildman–Crippen LogP) is 7.26.